The molecule has 0 aliphatic carbocycles. The van der Waals surface area contributed by atoms with Gasteiger partial charge in [-0.25, -0.2) is 0 Å². The van der Waals surface area contributed by atoms with Crippen molar-refractivity contribution in [2.45, 2.75) is 18.6 Å². The maximum atomic E-state index is 12.8. The largest absolute Gasteiger partial charge is 0.347 e. The number of benzene rings is 2. The zero-order valence-corrected chi connectivity index (χ0v) is 12.8. The summed E-state index contributed by atoms with van der Waals surface area (Å²) in [6.07, 6.45) is 1.91. The lowest BCUT2D eigenvalue weighted by Crippen LogP contribution is -2.46. The van der Waals surface area contributed by atoms with Crippen LogP contribution in [0.2, 0.25) is 5.02 Å². The first-order chi connectivity index (χ1) is 10.7. The average Bonchev–Trinajstić information content (AvgIpc) is 2.70. The highest BCUT2D eigenvalue weighted by molar-refractivity contribution is 6.30. The molecule has 2 aromatic rings. The number of hydrogen-bond acceptors (Lipinski definition) is 2. The third-order valence-corrected chi connectivity index (χ3v) is 4.72. The van der Waals surface area contributed by atoms with E-state index in [0.29, 0.717) is 18.2 Å². The molecule has 4 heteroatoms. The topological polar surface area (TPSA) is 29.5 Å². The molecule has 1 amide bonds. The summed E-state index contributed by atoms with van der Waals surface area (Å²) < 4.78 is 6.30. The number of carbonyl (C=O) groups is 1. The first-order valence-electron chi connectivity index (χ1n) is 7.55. The predicted octanol–water partition coefficient (Wildman–Crippen LogP) is 3.81. The standard InChI is InChI=1S/C18H16ClNO2/c19-14-9-7-13(8-10-14)18-16-6-2-1-5-15(16)17(21)20(18)11-3-4-12-22-18/h1-2,5-10H,3-4,11-12H2. The molecule has 0 saturated carbocycles. The fraction of sp³-hybridized carbons (Fsp3) is 0.278. The van der Waals surface area contributed by atoms with Crippen molar-refractivity contribution in [2.75, 3.05) is 13.2 Å². The van der Waals surface area contributed by atoms with Gasteiger partial charge in [0.15, 0.2) is 5.72 Å². The van der Waals surface area contributed by atoms with Crippen molar-refractivity contribution >= 4 is 17.5 Å². The van der Waals surface area contributed by atoms with Gasteiger partial charge in [0.25, 0.3) is 5.91 Å². The minimum Gasteiger partial charge on any atom is -0.347 e. The highest BCUT2D eigenvalue weighted by Crippen LogP contribution is 2.46. The molecule has 2 aliphatic heterocycles. The molecule has 1 fully saturated rings. The molecule has 2 aromatic carbocycles. The van der Waals surface area contributed by atoms with Crippen LogP contribution in [-0.2, 0) is 10.5 Å². The van der Waals surface area contributed by atoms with Gasteiger partial charge in [-0.05, 0) is 31.0 Å². The number of nitrogens with zero attached hydrogens (tertiary/aromatic N) is 1. The van der Waals surface area contributed by atoms with Gasteiger partial charge < -0.3 is 9.64 Å². The number of rotatable bonds is 1. The predicted molar refractivity (Wildman–Crippen MR) is 84.9 cm³/mol. The summed E-state index contributed by atoms with van der Waals surface area (Å²) in [5.74, 6) is 0.0486. The SMILES string of the molecule is O=C1c2ccccc2C2(c3ccc(Cl)cc3)OCCCCN12. The van der Waals surface area contributed by atoms with E-state index < -0.39 is 5.72 Å². The van der Waals surface area contributed by atoms with E-state index in [1.165, 1.54) is 0 Å². The smallest absolute Gasteiger partial charge is 0.257 e. The summed E-state index contributed by atoms with van der Waals surface area (Å²) in [4.78, 5) is 14.7. The third kappa shape index (κ3) is 1.82. The second-order valence-corrected chi connectivity index (χ2v) is 6.15. The molecule has 0 spiro atoms. The highest BCUT2D eigenvalue weighted by Gasteiger charge is 2.52. The molecule has 2 heterocycles. The molecule has 112 valence electrons. The van der Waals surface area contributed by atoms with Gasteiger partial charge in [-0.1, -0.05) is 41.9 Å². The normalized spacial score (nSPS) is 23.9. The second kappa shape index (κ2) is 5.11. The highest BCUT2D eigenvalue weighted by atomic mass is 35.5. The van der Waals surface area contributed by atoms with Gasteiger partial charge in [0.05, 0.1) is 6.61 Å². The van der Waals surface area contributed by atoms with Crippen molar-refractivity contribution in [3.8, 4) is 0 Å². The summed E-state index contributed by atoms with van der Waals surface area (Å²) in [5, 5.41) is 0.679. The first-order valence-corrected chi connectivity index (χ1v) is 7.93. The minimum atomic E-state index is -0.811. The van der Waals surface area contributed by atoms with Gasteiger partial charge in [-0.15, -0.1) is 0 Å². The zero-order valence-electron chi connectivity index (χ0n) is 12.1. The molecule has 0 N–H and O–H groups in total. The van der Waals surface area contributed by atoms with E-state index >= 15 is 0 Å². The van der Waals surface area contributed by atoms with Crippen LogP contribution in [0, 0.1) is 0 Å². The molecule has 0 aromatic heterocycles. The molecular weight excluding hydrogens is 298 g/mol. The lowest BCUT2D eigenvalue weighted by atomic mass is 9.93. The van der Waals surface area contributed by atoms with Crippen LogP contribution in [0.3, 0.4) is 0 Å². The van der Waals surface area contributed by atoms with E-state index in [2.05, 4.69) is 0 Å². The molecule has 4 rings (SSSR count). The number of halogens is 1. The number of hydrogen-bond donors (Lipinski definition) is 0. The molecule has 1 saturated heterocycles. The van der Waals surface area contributed by atoms with Crippen LogP contribution >= 0.6 is 11.6 Å². The van der Waals surface area contributed by atoms with Crippen LogP contribution in [0.1, 0.15) is 34.3 Å². The van der Waals surface area contributed by atoms with E-state index in [4.69, 9.17) is 16.3 Å². The van der Waals surface area contributed by atoms with Crippen LogP contribution < -0.4 is 0 Å². The van der Waals surface area contributed by atoms with Gasteiger partial charge in [-0.3, -0.25) is 4.79 Å². The minimum absolute atomic E-state index is 0.0486. The summed E-state index contributed by atoms with van der Waals surface area (Å²) in [6.45, 7) is 1.34. The van der Waals surface area contributed by atoms with Gasteiger partial charge >= 0.3 is 0 Å². The number of amides is 1. The van der Waals surface area contributed by atoms with Crippen LogP contribution in [0.25, 0.3) is 0 Å². The summed E-state index contributed by atoms with van der Waals surface area (Å²) in [5.41, 5.74) is 1.81. The van der Waals surface area contributed by atoms with Gasteiger partial charge in [0, 0.05) is 28.3 Å². The Labute approximate surface area is 134 Å². The summed E-state index contributed by atoms with van der Waals surface area (Å²) in [6, 6.07) is 15.3. The Morgan fingerprint density at radius 2 is 1.82 bits per heavy atom. The van der Waals surface area contributed by atoms with E-state index in [1.807, 2.05) is 53.4 Å². The Morgan fingerprint density at radius 3 is 2.64 bits per heavy atom. The molecule has 22 heavy (non-hydrogen) atoms. The van der Waals surface area contributed by atoms with E-state index in [-0.39, 0.29) is 5.91 Å². The van der Waals surface area contributed by atoms with Crippen LogP contribution in [-0.4, -0.2) is 24.0 Å². The Balaban J connectivity index is 1.98. The molecule has 0 bridgehead atoms. The van der Waals surface area contributed by atoms with Gasteiger partial charge in [-0.2, -0.15) is 0 Å². The third-order valence-electron chi connectivity index (χ3n) is 4.47. The van der Waals surface area contributed by atoms with Gasteiger partial charge in [0.2, 0.25) is 0 Å². The first kappa shape index (κ1) is 13.8. The van der Waals surface area contributed by atoms with Crippen LogP contribution in [0.5, 0.6) is 0 Å². The monoisotopic (exact) mass is 313 g/mol. The Bertz CT molecular complexity index is 728. The average molecular weight is 314 g/mol. The number of ether oxygens (including phenoxy) is 1. The molecule has 1 atom stereocenters. The molecule has 2 aliphatic rings. The van der Waals surface area contributed by atoms with Crippen molar-refractivity contribution in [3.05, 3.63) is 70.2 Å². The Hall–Kier alpha value is -1.84. The zero-order chi connectivity index (χ0) is 15.2. The number of fused-ring (bicyclic) bond motifs is 3. The van der Waals surface area contributed by atoms with Crippen LogP contribution in [0.15, 0.2) is 48.5 Å². The second-order valence-electron chi connectivity index (χ2n) is 5.71. The summed E-state index contributed by atoms with van der Waals surface area (Å²) in [7, 11) is 0. The molecule has 1 unspecified atom stereocenters. The van der Waals surface area contributed by atoms with Crippen molar-refractivity contribution < 1.29 is 9.53 Å². The maximum absolute atomic E-state index is 12.8. The lowest BCUT2D eigenvalue weighted by molar-refractivity contribution is -0.0941. The van der Waals surface area contributed by atoms with E-state index in [0.717, 1.165) is 29.5 Å². The van der Waals surface area contributed by atoms with Crippen molar-refractivity contribution in [1.29, 1.82) is 0 Å². The molecular formula is C18H16ClNO2. The van der Waals surface area contributed by atoms with Crippen molar-refractivity contribution in [1.82, 2.24) is 4.90 Å². The molecule has 0 radical (unpaired) electrons. The lowest BCUT2D eigenvalue weighted by Gasteiger charge is -2.37. The quantitative estimate of drug-likeness (QED) is 0.801. The molecule has 3 nitrogen and oxygen atoms in total. The van der Waals surface area contributed by atoms with E-state index in [9.17, 15) is 4.79 Å². The fourth-order valence-electron chi connectivity index (χ4n) is 3.48. The Kier molecular flexibility index (Phi) is 3.21. The Morgan fingerprint density at radius 1 is 1.05 bits per heavy atom. The maximum Gasteiger partial charge on any atom is 0.257 e. The van der Waals surface area contributed by atoms with Gasteiger partial charge in [0.1, 0.15) is 0 Å². The van der Waals surface area contributed by atoms with Crippen LogP contribution in [0.4, 0.5) is 0 Å². The summed E-state index contributed by atoms with van der Waals surface area (Å²) >= 11 is 6.03. The fourth-order valence-corrected chi connectivity index (χ4v) is 3.60. The van der Waals surface area contributed by atoms with E-state index in [1.54, 1.807) is 0 Å². The van der Waals surface area contributed by atoms with Crippen molar-refractivity contribution in [2.24, 2.45) is 0 Å². The number of carbonyl (C=O) groups excluding carboxylic acids is 1. The van der Waals surface area contributed by atoms with Crippen molar-refractivity contribution in [3.63, 3.8) is 0 Å².